The third-order valence-electron chi connectivity index (χ3n) is 4.36. The minimum Gasteiger partial charge on any atom is -0.494 e. The smallest absolute Gasteiger partial charge is 0.342 e. The van der Waals surface area contributed by atoms with Crippen molar-refractivity contribution in [3.05, 3.63) is 72.4 Å². The number of sulfone groups is 1. The Morgan fingerprint density at radius 2 is 1.64 bits per heavy atom. The molecule has 0 aliphatic carbocycles. The first-order chi connectivity index (χ1) is 15.8. The Labute approximate surface area is 191 Å². The average Bonchev–Trinajstić information content (AvgIpc) is 2.79. The molecule has 1 amide bonds. The quantitative estimate of drug-likeness (QED) is 0.457. The summed E-state index contributed by atoms with van der Waals surface area (Å²) < 4.78 is 33.5. The molecule has 2 N–H and O–H groups in total. The summed E-state index contributed by atoms with van der Waals surface area (Å²) in [5.74, 6) is -0.288. The number of hydrogen-bond acceptors (Lipinski definition) is 8. The second-order valence-corrected chi connectivity index (χ2v) is 8.92. The number of ether oxygens (including phenoxy) is 2. The highest BCUT2D eigenvalue weighted by Crippen LogP contribution is 2.22. The summed E-state index contributed by atoms with van der Waals surface area (Å²) in [6.07, 6.45) is 2.62. The van der Waals surface area contributed by atoms with Crippen LogP contribution in [-0.2, 0) is 19.4 Å². The van der Waals surface area contributed by atoms with Crippen LogP contribution in [0, 0.1) is 0 Å². The normalized spacial score (nSPS) is 10.8. The summed E-state index contributed by atoms with van der Waals surface area (Å²) in [7, 11) is -3.33. The molecule has 1 heterocycles. The standard InChI is InChI=1S/C23H23N3O6S/c1-3-31-18-10-6-17(7-11-18)26-22-20(5-4-14-24-22)23(28)32-15-21(27)25-16-8-12-19(13-9-16)33(2,29)30/h4-14H,3,15H2,1-2H3,(H,24,26)(H,25,27). The molecule has 0 saturated heterocycles. The third-order valence-corrected chi connectivity index (χ3v) is 5.48. The predicted molar refractivity (Wildman–Crippen MR) is 124 cm³/mol. The summed E-state index contributed by atoms with van der Waals surface area (Å²) >= 11 is 0. The number of carbonyl (C=O) groups is 2. The Kier molecular flexibility index (Phi) is 7.62. The van der Waals surface area contributed by atoms with Gasteiger partial charge in [-0.1, -0.05) is 0 Å². The van der Waals surface area contributed by atoms with E-state index >= 15 is 0 Å². The van der Waals surface area contributed by atoms with E-state index in [-0.39, 0.29) is 16.3 Å². The number of amides is 1. The fourth-order valence-electron chi connectivity index (χ4n) is 2.80. The molecule has 3 rings (SSSR count). The number of pyridine rings is 1. The van der Waals surface area contributed by atoms with Crippen LogP contribution in [0.1, 0.15) is 17.3 Å². The topological polar surface area (TPSA) is 124 Å². The Bertz CT molecular complexity index is 1230. The maximum absolute atomic E-state index is 12.5. The van der Waals surface area contributed by atoms with E-state index in [1.165, 1.54) is 36.5 Å². The maximum Gasteiger partial charge on any atom is 0.342 e. The van der Waals surface area contributed by atoms with Crippen LogP contribution in [0.4, 0.5) is 17.2 Å². The van der Waals surface area contributed by atoms with Gasteiger partial charge in [-0.15, -0.1) is 0 Å². The highest BCUT2D eigenvalue weighted by molar-refractivity contribution is 7.90. The molecule has 0 saturated carbocycles. The lowest BCUT2D eigenvalue weighted by Gasteiger charge is -2.11. The molecule has 10 heteroatoms. The zero-order chi connectivity index (χ0) is 23.8. The molecule has 0 bridgehead atoms. The van der Waals surface area contributed by atoms with E-state index in [9.17, 15) is 18.0 Å². The molecule has 0 aliphatic rings. The largest absolute Gasteiger partial charge is 0.494 e. The van der Waals surface area contributed by atoms with E-state index in [2.05, 4.69) is 15.6 Å². The number of esters is 1. The number of aromatic nitrogens is 1. The fourth-order valence-corrected chi connectivity index (χ4v) is 3.43. The van der Waals surface area contributed by atoms with E-state index < -0.39 is 28.3 Å². The summed E-state index contributed by atoms with van der Waals surface area (Å²) in [4.78, 5) is 29.0. The van der Waals surface area contributed by atoms with Crippen molar-refractivity contribution in [3.63, 3.8) is 0 Å². The monoisotopic (exact) mass is 469 g/mol. The van der Waals surface area contributed by atoms with Gasteiger partial charge >= 0.3 is 5.97 Å². The molecule has 172 valence electrons. The highest BCUT2D eigenvalue weighted by atomic mass is 32.2. The van der Waals surface area contributed by atoms with Crippen LogP contribution >= 0.6 is 0 Å². The Morgan fingerprint density at radius 3 is 2.27 bits per heavy atom. The molecule has 1 aromatic heterocycles. The van der Waals surface area contributed by atoms with Gasteiger partial charge in [0.25, 0.3) is 5.91 Å². The van der Waals surface area contributed by atoms with Gasteiger partial charge in [0, 0.05) is 23.8 Å². The predicted octanol–water partition coefficient (Wildman–Crippen LogP) is 3.42. The molecule has 33 heavy (non-hydrogen) atoms. The Hall–Kier alpha value is -3.92. The Morgan fingerprint density at radius 1 is 0.970 bits per heavy atom. The highest BCUT2D eigenvalue weighted by Gasteiger charge is 2.16. The first kappa shape index (κ1) is 23.7. The second kappa shape index (κ2) is 10.6. The number of anilines is 3. The fraction of sp³-hybridized carbons (Fsp3) is 0.174. The molecule has 2 aromatic carbocycles. The SMILES string of the molecule is CCOc1ccc(Nc2ncccc2C(=O)OCC(=O)Nc2ccc(S(C)(=O)=O)cc2)cc1. The van der Waals surface area contributed by atoms with Crippen LogP contribution in [-0.4, -0.2) is 44.7 Å². The zero-order valence-electron chi connectivity index (χ0n) is 18.1. The molecule has 0 aliphatic heterocycles. The van der Waals surface area contributed by atoms with Crippen molar-refractivity contribution < 1.29 is 27.5 Å². The molecule has 3 aromatic rings. The zero-order valence-corrected chi connectivity index (χ0v) is 18.9. The van der Waals surface area contributed by atoms with E-state index in [0.717, 1.165) is 12.0 Å². The molecule has 0 unspecified atom stereocenters. The van der Waals surface area contributed by atoms with Gasteiger partial charge < -0.3 is 20.1 Å². The molecule has 9 nitrogen and oxygen atoms in total. The maximum atomic E-state index is 12.5. The van der Waals surface area contributed by atoms with Crippen LogP contribution in [0.5, 0.6) is 5.75 Å². The van der Waals surface area contributed by atoms with Crippen LogP contribution in [0.2, 0.25) is 0 Å². The first-order valence-electron chi connectivity index (χ1n) is 9.98. The minimum absolute atomic E-state index is 0.135. The lowest BCUT2D eigenvalue weighted by molar-refractivity contribution is -0.119. The van der Waals surface area contributed by atoms with Gasteiger partial charge in [0.15, 0.2) is 16.4 Å². The first-order valence-corrected chi connectivity index (χ1v) is 11.9. The number of carbonyl (C=O) groups excluding carboxylic acids is 2. The van der Waals surface area contributed by atoms with Gasteiger partial charge in [-0.05, 0) is 67.6 Å². The number of benzene rings is 2. The molecule has 0 radical (unpaired) electrons. The van der Waals surface area contributed by atoms with Crippen LogP contribution in [0.3, 0.4) is 0 Å². The molecule has 0 spiro atoms. The average molecular weight is 470 g/mol. The van der Waals surface area contributed by atoms with E-state index in [4.69, 9.17) is 9.47 Å². The lowest BCUT2D eigenvalue weighted by Crippen LogP contribution is -2.21. The summed E-state index contributed by atoms with van der Waals surface area (Å²) in [6.45, 7) is 1.93. The number of hydrogen-bond donors (Lipinski definition) is 2. The van der Waals surface area contributed by atoms with Gasteiger partial charge in [-0.2, -0.15) is 0 Å². The van der Waals surface area contributed by atoms with E-state index in [1.54, 1.807) is 30.3 Å². The lowest BCUT2D eigenvalue weighted by atomic mass is 10.2. The molecule has 0 fully saturated rings. The molecule has 0 atom stereocenters. The summed E-state index contributed by atoms with van der Waals surface area (Å²) in [6, 6.07) is 16.0. The molecular weight excluding hydrogens is 446 g/mol. The second-order valence-electron chi connectivity index (χ2n) is 6.90. The van der Waals surface area contributed by atoms with Gasteiger partial charge in [0.2, 0.25) is 0 Å². The van der Waals surface area contributed by atoms with E-state index in [0.29, 0.717) is 18.0 Å². The van der Waals surface area contributed by atoms with Gasteiger partial charge in [0.05, 0.1) is 11.5 Å². The summed E-state index contributed by atoms with van der Waals surface area (Å²) in [5.41, 5.74) is 1.24. The minimum atomic E-state index is -3.33. The van der Waals surface area contributed by atoms with Crippen molar-refractivity contribution in [1.29, 1.82) is 0 Å². The number of nitrogens with one attached hydrogen (secondary N) is 2. The van der Waals surface area contributed by atoms with Crippen molar-refractivity contribution in [2.75, 3.05) is 30.1 Å². The van der Waals surface area contributed by atoms with Crippen LogP contribution < -0.4 is 15.4 Å². The third kappa shape index (κ3) is 6.78. The van der Waals surface area contributed by atoms with Crippen LogP contribution in [0.15, 0.2) is 71.8 Å². The van der Waals surface area contributed by atoms with Crippen LogP contribution in [0.25, 0.3) is 0 Å². The number of rotatable bonds is 9. The Balaban J connectivity index is 1.59. The van der Waals surface area contributed by atoms with Gasteiger partial charge in [-0.25, -0.2) is 18.2 Å². The van der Waals surface area contributed by atoms with Crippen molar-refractivity contribution in [3.8, 4) is 5.75 Å². The molecular formula is C23H23N3O6S. The van der Waals surface area contributed by atoms with Gasteiger partial charge in [-0.3, -0.25) is 4.79 Å². The van der Waals surface area contributed by atoms with Crippen molar-refractivity contribution in [2.24, 2.45) is 0 Å². The van der Waals surface area contributed by atoms with Crippen molar-refractivity contribution in [2.45, 2.75) is 11.8 Å². The van der Waals surface area contributed by atoms with Crippen molar-refractivity contribution >= 4 is 38.9 Å². The van der Waals surface area contributed by atoms with Gasteiger partial charge in [0.1, 0.15) is 17.1 Å². The van der Waals surface area contributed by atoms with Crippen molar-refractivity contribution in [1.82, 2.24) is 4.98 Å². The number of nitrogens with zero attached hydrogens (tertiary/aromatic N) is 1. The van der Waals surface area contributed by atoms with E-state index in [1.807, 2.05) is 6.92 Å². The summed E-state index contributed by atoms with van der Waals surface area (Å²) in [5, 5.41) is 5.59.